The van der Waals surface area contributed by atoms with Gasteiger partial charge in [-0.3, -0.25) is 0 Å². The van der Waals surface area contributed by atoms with Crippen LogP contribution in [0, 0.1) is 0 Å². The van der Waals surface area contributed by atoms with Gasteiger partial charge in [0.1, 0.15) is 8.89 Å². The molecule has 5 heteroatoms. The quantitative estimate of drug-likeness (QED) is 0.491. The molecular formula is C9H18FO3P. The fourth-order valence-electron chi connectivity index (χ4n) is 1.67. The molecule has 1 aliphatic rings. The van der Waals surface area contributed by atoms with Crippen molar-refractivity contribution >= 4 is 8.89 Å². The average molecular weight is 224 g/mol. The van der Waals surface area contributed by atoms with E-state index in [-0.39, 0.29) is 0 Å². The van der Waals surface area contributed by atoms with Crippen LogP contribution in [0.15, 0.2) is 0 Å². The highest BCUT2D eigenvalue weighted by Crippen LogP contribution is 2.64. The van der Waals surface area contributed by atoms with Crippen molar-refractivity contribution in [1.82, 2.24) is 0 Å². The van der Waals surface area contributed by atoms with Gasteiger partial charge in [0.05, 0.1) is 0 Å². The van der Waals surface area contributed by atoms with Gasteiger partial charge in [-0.05, 0) is 20.8 Å². The Labute approximate surface area is 86.2 Å². The maximum atomic E-state index is 12.9. The lowest BCUT2D eigenvalue weighted by atomic mass is 10.6. The van der Waals surface area contributed by atoms with E-state index >= 15 is 0 Å². The molecule has 1 rings (SSSR count). The van der Waals surface area contributed by atoms with Crippen molar-refractivity contribution in [3.8, 4) is 0 Å². The lowest BCUT2D eigenvalue weighted by Gasteiger charge is -2.22. The monoisotopic (exact) mass is 224 g/mol. The first-order valence-electron chi connectivity index (χ1n) is 5.00. The van der Waals surface area contributed by atoms with Crippen LogP contribution in [0.4, 0.5) is 4.20 Å². The second-order valence-electron chi connectivity index (χ2n) is 3.15. The molecule has 84 valence electrons. The van der Waals surface area contributed by atoms with Gasteiger partial charge in [-0.2, -0.15) is 0 Å². The second kappa shape index (κ2) is 4.84. The molecule has 0 aromatic rings. The Bertz CT molecular complexity index is 185. The summed E-state index contributed by atoms with van der Waals surface area (Å²) in [5.74, 6) is -0.820. The fraction of sp³-hybridized carbons (Fsp3) is 1.00. The van der Waals surface area contributed by atoms with Crippen molar-refractivity contribution in [3.05, 3.63) is 0 Å². The molecule has 14 heavy (non-hydrogen) atoms. The topological polar surface area (TPSA) is 27.7 Å². The van der Waals surface area contributed by atoms with E-state index < -0.39 is 20.0 Å². The number of rotatable bonds is 7. The zero-order valence-corrected chi connectivity index (χ0v) is 9.93. The third-order valence-electron chi connectivity index (χ3n) is 2.27. The summed E-state index contributed by atoms with van der Waals surface area (Å²) in [6.45, 7) is 7.11. The highest BCUT2D eigenvalue weighted by Gasteiger charge is 2.73. The Morgan fingerprint density at radius 2 is 1.57 bits per heavy atom. The van der Waals surface area contributed by atoms with Gasteiger partial charge in [0.15, 0.2) is 5.34 Å². The Balaban J connectivity index is 2.63. The number of ether oxygens (including phenoxy) is 3. The summed E-state index contributed by atoms with van der Waals surface area (Å²) in [6.07, 6.45) is 0.504. The Morgan fingerprint density at radius 1 is 1.07 bits per heavy atom. The first-order chi connectivity index (χ1) is 6.70. The smallest absolute Gasteiger partial charge is 0.207 e. The predicted molar refractivity (Wildman–Crippen MR) is 54.4 cm³/mol. The van der Waals surface area contributed by atoms with Gasteiger partial charge in [0.2, 0.25) is 5.79 Å². The van der Waals surface area contributed by atoms with Gasteiger partial charge < -0.3 is 14.2 Å². The Kier molecular flexibility index (Phi) is 4.26. The molecule has 0 bridgehead atoms. The van der Waals surface area contributed by atoms with Crippen LogP contribution in [-0.2, 0) is 14.2 Å². The summed E-state index contributed by atoms with van der Waals surface area (Å²) in [5.41, 5.74) is 0. The number of halogens is 1. The zero-order chi connectivity index (χ0) is 10.7. The van der Waals surface area contributed by atoms with Crippen LogP contribution >= 0.6 is 8.89 Å². The normalized spacial score (nSPS) is 30.0. The summed E-state index contributed by atoms with van der Waals surface area (Å²) in [5, 5.41) is -0.826. The molecule has 0 saturated heterocycles. The van der Waals surface area contributed by atoms with Crippen LogP contribution in [0.5, 0.6) is 0 Å². The lowest BCUT2D eigenvalue weighted by Crippen LogP contribution is -2.31. The van der Waals surface area contributed by atoms with E-state index in [1.807, 2.05) is 20.8 Å². The van der Waals surface area contributed by atoms with Crippen LogP contribution in [0.2, 0.25) is 0 Å². The second-order valence-corrected chi connectivity index (χ2v) is 4.15. The molecule has 1 saturated carbocycles. The predicted octanol–water partition coefficient (Wildman–Crippen LogP) is 2.46. The van der Waals surface area contributed by atoms with E-state index in [0.717, 1.165) is 0 Å². The molecular weight excluding hydrogens is 206 g/mol. The Morgan fingerprint density at radius 3 is 1.93 bits per heavy atom. The zero-order valence-electron chi connectivity index (χ0n) is 8.93. The minimum atomic E-state index is -0.826. The maximum Gasteiger partial charge on any atom is 0.207 e. The van der Waals surface area contributed by atoms with Crippen LogP contribution in [0.25, 0.3) is 0 Å². The molecule has 0 amide bonds. The van der Waals surface area contributed by atoms with E-state index in [2.05, 4.69) is 0 Å². The van der Waals surface area contributed by atoms with Crippen molar-refractivity contribution in [3.63, 3.8) is 0 Å². The van der Waals surface area contributed by atoms with Gasteiger partial charge in [0.25, 0.3) is 0 Å². The van der Waals surface area contributed by atoms with Crippen LogP contribution in [0.3, 0.4) is 0 Å². The minimum absolute atomic E-state index is 0.485. The molecule has 2 unspecified atom stereocenters. The molecule has 0 radical (unpaired) electrons. The van der Waals surface area contributed by atoms with Crippen LogP contribution in [-0.4, -0.2) is 30.9 Å². The molecule has 0 spiro atoms. The molecule has 0 aliphatic heterocycles. The largest absolute Gasteiger partial charge is 0.362 e. The van der Waals surface area contributed by atoms with Gasteiger partial charge in [-0.1, -0.05) is 0 Å². The van der Waals surface area contributed by atoms with E-state index in [4.69, 9.17) is 14.2 Å². The first kappa shape index (κ1) is 12.3. The molecule has 0 heterocycles. The summed E-state index contributed by atoms with van der Waals surface area (Å²) in [4.78, 5) is 0. The van der Waals surface area contributed by atoms with Crippen LogP contribution < -0.4 is 0 Å². The molecule has 0 N–H and O–H groups in total. The SMILES string of the molecule is CCOC1(OCC)CC1(OCC)PF. The highest BCUT2D eigenvalue weighted by atomic mass is 31.1. The summed E-state index contributed by atoms with van der Waals surface area (Å²) >= 11 is 0. The van der Waals surface area contributed by atoms with Crippen molar-refractivity contribution < 1.29 is 18.4 Å². The van der Waals surface area contributed by atoms with Crippen molar-refractivity contribution in [1.29, 1.82) is 0 Å². The highest BCUT2D eigenvalue weighted by molar-refractivity contribution is 7.34. The maximum absolute atomic E-state index is 12.9. The average Bonchev–Trinajstić information content (AvgIpc) is 2.76. The van der Waals surface area contributed by atoms with E-state index in [0.29, 0.717) is 26.2 Å². The van der Waals surface area contributed by atoms with E-state index in [1.54, 1.807) is 0 Å². The molecule has 1 aliphatic carbocycles. The fourth-order valence-corrected chi connectivity index (χ4v) is 2.45. The Hall–Kier alpha value is 0.240. The van der Waals surface area contributed by atoms with E-state index in [9.17, 15) is 4.20 Å². The van der Waals surface area contributed by atoms with Gasteiger partial charge in [0, 0.05) is 26.2 Å². The van der Waals surface area contributed by atoms with Gasteiger partial charge in [-0.15, -0.1) is 0 Å². The number of hydrogen-bond acceptors (Lipinski definition) is 3. The van der Waals surface area contributed by atoms with Gasteiger partial charge >= 0.3 is 0 Å². The van der Waals surface area contributed by atoms with Gasteiger partial charge in [-0.25, -0.2) is 4.20 Å². The lowest BCUT2D eigenvalue weighted by molar-refractivity contribution is -0.193. The molecule has 3 nitrogen and oxygen atoms in total. The van der Waals surface area contributed by atoms with Crippen molar-refractivity contribution in [2.24, 2.45) is 0 Å². The summed E-state index contributed by atoms with van der Waals surface area (Å²) < 4.78 is 29.2. The first-order valence-corrected chi connectivity index (χ1v) is 5.87. The molecule has 0 aromatic heterocycles. The molecule has 0 aromatic carbocycles. The summed E-state index contributed by atoms with van der Waals surface area (Å²) in [6, 6.07) is 0. The minimum Gasteiger partial charge on any atom is -0.362 e. The summed E-state index contributed by atoms with van der Waals surface area (Å²) in [7, 11) is -0.799. The third kappa shape index (κ3) is 1.94. The third-order valence-corrected chi connectivity index (χ3v) is 3.28. The molecule has 1 fully saturated rings. The standard InChI is InChI=1S/C9H18FO3P/c1-4-11-8(12-5-2)7-9(8,14-10)13-6-3/h14H,4-7H2,1-3H3. The van der Waals surface area contributed by atoms with Crippen molar-refractivity contribution in [2.75, 3.05) is 19.8 Å². The van der Waals surface area contributed by atoms with Crippen molar-refractivity contribution in [2.45, 2.75) is 38.3 Å². The molecule has 2 atom stereocenters. The van der Waals surface area contributed by atoms with Crippen LogP contribution in [0.1, 0.15) is 27.2 Å². The number of hydrogen-bond donors (Lipinski definition) is 0. The van der Waals surface area contributed by atoms with E-state index in [1.165, 1.54) is 0 Å².